The van der Waals surface area contributed by atoms with Gasteiger partial charge in [-0.15, -0.1) is 0 Å². The van der Waals surface area contributed by atoms with Gasteiger partial charge in [0.2, 0.25) is 0 Å². The summed E-state index contributed by atoms with van der Waals surface area (Å²) in [5.74, 6) is -0.177. The molecule has 1 atom stereocenters. The molecule has 0 radical (unpaired) electrons. The molecule has 1 N–H and O–H groups in total. The Kier molecular flexibility index (Phi) is 3.95. The predicted octanol–water partition coefficient (Wildman–Crippen LogP) is 4.54. The van der Waals surface area contributed by atoms with Crippen molar-refractivity contribution in [2.24, 2.45) is 4.99 Å². The van der Waals surface area contributed by atoms with E-state index in [1.807, 2.05) is 25.1 Å². The number of para-hydroxylation sites is 2. The second-order valence-corrected chi connectivity index (χ2v) is 6.50. The van der Waals surface area contributed by atoms with Crippen molar-refractivity contribution >= 4 is 28.9 Å². The second-order valence-electron chi connectivity index (χ2n) is 6.50. The van der Waals surface area contributed by atoms with E-state index < -0.39 is 21.3 Å². The van der Waals surface area contributed by atoms with Crippen molar-refractivity contribution in [3.05, 3.63) is 80.3 Å². The summed E-state index contributed by atoms with van der Waals surface area (Å²) in [5, 5.41) is 25.3. The van der Waals surface area contributed by atoms with Crippen LogP contribution in [0.1, 0.15) is 24.9 Å². The first-order valence-corrected chi connectivity index (χ1v) is 8.30. The third kappa shape index (κ3) is 3.00. The van der Waals surface area contributed by atoms with Crippen molar-refractivity contribution in [2.75, 3.05) is 5.32 Å². The Morgan fingerprint density at radius 3 is 2.36 bits per heavy atom. The van der Waals surface area contributed by atoms with Gasteiger partial charge in [0.25, 0.3) is 0 Å². The topological polar surface area (TPSA) is 137 Å². The van der Waals surface area contributed by atoms with Gasteiger partial charge in [-0.05, 0) is 31.2 Å². The van der Waals surface area contributed by atoms with E-state index >= 15 is 0 Å². The summed E-state index contributed by atoms with van der Waals surface area (Å²) in [6.45, 7) is 1.81. The van der Waals surface area contributed by atoms with E-state index in [2.05, 4.69) is 10.3 Å². The Balaban J connectivity index is 1.82. The van der Waals surface area contributed by atoms with Gasteiger partial charge in [-0.3, -0.25) is 20.2 Å². The van der Waals surface area contributed by atoms with Crippen LogP contribution in [0.25, 0.3) is 0 Å². The fraction of sp³-hybridized carbons (Fsp3) is 0.167. The molecule has 3 heterocycles. The molecule has 1 aliphatic heterocycles. The third-order valence-electron chi connectivity index (χ3n) is 4.46. The second kappa shape index (κ2) is 6.34. The van der Waals surface area contributed by atoms with Crippen LogP contribution in [0, 0.1) is 20.2 Å². The molecule has 142 valence electrons. The van der Waals surface area contributed by atoms with E-state index in [1.165, 1.54) is 24.3 Å². The maximum atomic E-state index is 11.0. The van der Waals surface area contributed by atoms with Crippen LogP contribution in [0.4, 0.5) is 23.1 Å². The zero-order valence-electron chi connectivity index (χ0n) is 14.6. The molecule has 0 aliphatic carbocycles. The number of fused-ring (bicyclic) bond motifs is 1. The highest BCUT2D eigenvalue weighted by molar-refractivity contribution is 6.02. The van der Waals surface area contributed by atoms with Gasteiger partial charge in [-0.25, -0.2) is 4.99 Å². The maximum absolute atomic E-state index is 11.0. The summed E-state index contributed by atoms with van der Waals surface area (Å²) in [5.41, 5.74) is 0.856. The van der Waals surface area contributed by atoms with Crippen LogP contribution >= 0.6 is 0 Å². The molecule has 3 aromatic rings. The lowest BCUT2D eigenvalue weighted by molar-refractivity contribution is -0.402. The minimum Gasteiger partial charge on any atom is -0.403 e. The molecule has 1 aliphatic rings. The van der Waals surface area contributed by atoms with Crippen LogP contribution in [-0.4, -0.2) is 15.6 Å². The van der Waals surface area contributed by atoms with E-state index in [-0.39, 0.29) is 18.1 Å². The Morgan fingerprint density at radius 1 is 1.00 bits per heavy atom. The molecule has 0 fully saturated rings. The van der Waals surface area contributed by atoms with Crippen LogP contribution in [0.2, 0.25) is 0 Å². The number of nitrogens with one attached hydrogen (secondary N) is 1. The number of aliphatic imine (C=N–C) groups is 1. The van der Waals surface area contributed by atoms with Crippen LogP contribution < -0.4 is 5.32 Å². The number of hydrogen-bond donors (Lipinski definition) is 1. The fourth-order valence-corrected chi connectivity index (χ4v) is 3.13. The van der Waals surface area contributed by atoms with Crippen LogP contribution in [-0.2, 0) is 5.54 Å². The van der Waals surface area contributed by atoms with Crippen molar-refractivity contribution in [3.8, 4) is 0 Å². The summed E-state index contributed by atoms with van der Waals surface area (Å²) in [4.78, 5) is 25.3. The summed E-state index contributed by atoms with van der Waals surface area (Å²) in [7, 11) is 0. The molecule has 0 spiro atoms. The lowest BCUT2D eigenvalue weighted by Crippen LogP contribution is -2.33. The van der Waals surface area contributed by atoms with E-state index in [9.17, 15) is 20.2 Å². The predicted molar refractivity (Wildman–Crippen MR) is 99.0 cm³/mol. The number of benzene rings is 1. The molecular weight excluding hydrogens is 368 g/mol. The number of hydrogen-bond acceptors (Lipinski definition) is 8. The van der Waals surface area contributed by atoms with Crippen molar-refractivity contribution in [2.45, 2.75) is 18.9 Å². The molecule has 1 unspecified atom stereocenters. The van der Waals surface area contributed by atoms with Crippen molar-refractivity contribution in [3.63, 3.8) is 0 Å². The van der Waals surface area contributed by atoms with E-state index in [1.54, 1.807) is 6.07 Å². The minimum atomic E-state index is -0.902. The average molecular weight is 382 g/mol. The van der Waals surface area contributed by atoms with Gasteiger partial charge in [0.05, 0.1) is 34.8 Å². The molecule has 28 heavy (non-hydrogen) atoms. The largest absolute Gasteiger partial charge is 0.433 e. The first-order valence-electron chi connectivity index (χ1n) is 8.30. The van der Waals surface area contributed by atoms with Crippen molar-refractivity contribution < 1.29 is 18.7 Å². The number of nitro groups is 2. The molecule has 0 bridgehead atoms. The number of nitrogens with zero attached hydrogens (tertiary/aromatic N) is 3. The quantitative estimate of drug-likeness (QED) is 0.516. The highest BCUT2D eigenvalue weighted by atomic mass is 16.7. The highest BCUT2D eigenvalue weighted by Crippen LogP contribution is 2.40. The number of furan rings is 2. The Bertz CT molecular complexity index is 1110. The van der Waals surface area contributed by atoms with Crippen LogP contribution in [0.15, 0.2) is 62.4 Å². The van der Waals surface area contributed by atoms with Crippen molar-refractivity contribution in [1.82, 2.24) is 0 Å². The standard InChI is InChI=1S/C18H14N4O6/c1-18(15-7-9-17(28-15)22(25)26)10-13(14-6-8-16(27-14)21(23)24)19-11-4-2-3-5-12(11)20-18/h2-9,20H,10H2,1H3. The highest BCUT2D eigenvalue weighted by Gasteiger charge is 2.37. The Morgan fingerprint density at radius 2 is 1.68 bits per heavy atom. The maximum Gasteiger partial charge on any atom is 0.433 e. The molecular formula is C18H14N4O6. The zero-order chi connectivity index (χ0) is 19.9. The van der Waals surface area contributed by atoms with Crippen LogP contribution in [0.3, 0.4) is 0 Å². The first kappa shape index (κ1) is 17.5. The summed E-state index contributed by atoms with van der Waals surface area (Å²) < 4.78 is 10.8. The van der Waals surface area contributed by atoms with E-state index in [4.69, 9.17) is 8.83 Å². The van der Waals surface area contributed by atoms with Gasteiger partial charge in [0.1, 0.15) is 15.6 Å². The Labute approximate surface area is 157 Å². The number of anilines is 1. The summed E-state index contributed by atoms with van der Waals surface area (Å²) >= 11 is 0. The van der Waals surface area contributed by atoms with Crippen molar-refractivity contribution in [1.29, 1.82) is 0 Å². The number of rotatable bonds is 4. The third-order valence-corrected chi connectivity index (χ3v) is 4.46. The van der Waals surface area contributed by atoms with Gasteiger partial charge < -0.3 is 14.2 Å². The van der Waals surface area contributed by atoms with Gasteiger partial charge in [0.15, 0.2) is 5.76 Å². The molecule has 10 nitrogen and oxygen atoms in total. The normalized spacial score (nSPS) is 18.5. The summed E-state index contributed by atoms with van der Waals surface area (Å²) in [6, 6.07) is 12.8. The summed E-state index contributed by atoms with van der Waals surface area (Å²) in [6.07, 6.45) is 0.219. The lowest BCUT2D eigenvalue weighted by Gasteiger charge is -2.28. The minimum absolute atomic E-state index is 0.219. The van der Waals surface area contributed by atoms with E-state index in [0.717, 1.165) is 0 Å². The first-order chi connectivity index (χ1) is 13.4. The monoisotopic (exact) mass is 382 g/mol. The molecule has 0 amide bonds. The smallest absolute Gasteiger partial charge is 0.403 e. The van der Waals surface area contributed by atoms with Gasteiger partial charge >= 0.3 is 11.8 Å². The van der Waals surface area contributed by atoms with E-state index in [0.29, 0.717) is 22.8 Å². The molecule has 0 saturated heterocycles. The Hall–Kier alpha value is -3.95. The zero-order valence-corrected chi connectivity index (χ0v) is 14.6. The molecule has 0 saturated carbocycles. The van der Waals surface area contributed by atoms with Crippen LogP contribution in [0.5, 0.6) is 0 Å². The van der Waals surface area contributed by atoms with Gasteiger partial charge in [-0.2, -0.15) is 0 Å². The van der Waals surface area contributed by atoms with Gasteiger partial charge in [0, 0.05) is 6.42 Å². The molecule has 10 heteroatoms. The fourth-order valence-electron chi connectivity index (χ4n) is 3.13. The molecule has 4 rings (SSSR count). The lowest BCUT2D eigenvalue weighted by atomic mass is 9.91. The van der Waals surface area contributed by atoms with Gasteiger partial charge in [-0.1, -0.05) is 12.1 Å². The average Bonchev–Trinajstić information content (AvgIpc) is 3.30. The molecule has 2 aromatic heterocycles. The molecule has 1 aromatic carbocycles. The SMILES string of the molecule is CC1(c2ccc([N+](=O)[O-])o2)CC(c2ccc([N+](=O)[O-])o2)=Nc2ccccc2N1.